The molecule has 1 aromatic heterocycles. The van der Waals surface area contributed by atoms with Crippen LogP contribution < -0.4 is 4.74 Å². The number of nitrogens with zero attached hydrogens (tertiary/aromatic N) is 1. The lowest BCUT2D eigenvalue weighted by molar-refractivity contribution is 0.128. The van der Waals surface area contributed by atoms with Crippen LogP contribution in [0.25, 0.3) is 10.9 Å². The highest BCUT2D eigenvalue weighted by molar-refractivity contribution is 5.86. The van der Waals surface area contributed by atoms with Crippen LogP contribution in [0.2, 0.25) is 0 Å². The molecule has 2 fully saturated rings. The van der Waals surface area contributed by atoms with Gasteiger partial charge >= 0.3 is 0 Å². The highest BCUT2D eigenvalue weighted by Gasteiger charge is 2.27. The van der Waals surface area contributed by atoms with Crippen molar-refractivity contribution < 1.29 is 4.74 Å². The van der Waals surface area contributed by atoms with Crippen molar-refractivity contribution in [3.8, 4) is 5.75 Å². The smallest absolute Gasteiger partial charge is 0.119 e. The van der Waals surface area contributed by atoms with E-state index in [0.29, 0.717) is 0 Å². The number of aryl methyl sites for hydroxylation is 1. The number of rotatable bonds is 5. The number of fused-ring (bicyclic) bond motifs is 1. The molecule has 1 N–H and O–H groups in total. The number of likely N-dealkylation sites (tertiary alicyclic amines) is 1. The summed E-state index contributed by atoms with van der Waals surface area (Å²) in [6, 6.07) is 6.36. The first-order valence-electron chi connectivity index (χ1n) is 10.6. The van der Waals surface area contributed by atoms with E-state index >= 15 is 0 Å². The van der Waals surface area contributed by atoms with Crippen LogP contribution in [0.4, 0.5) is 0 Å². The topological polar surface area (TPSA) is 28.3 Å². The molecule has 0 amide bonds. The van der Waals surface area contributed by atoms with Crippen LogP contribution in [0.15, 0.2) is 18.2 Å². The Kier molecular flexibility index (Phi) is 5.54. The van der Waals surface area contributed by atoms with E-state index < -0.39 is 0 Å². The molecule has 2 aliphatic rings. The van der Waals surface area contributed by atoms with Crippen molar-refractivity contribution in [3.05, 3.63) is 29.5 Å². The number of piperidine rings is 1. The number of methoxy groups -OCH3 is 1. The molecule has 0 unspecified atom stereocenters. The van der Waals surface area contributed by atoms with Gasteiger partial charge in [0.1, 0.15) is 5.75 Å². The van der Waals surface area contributed by atoms with E-state index in [1.54, 1.807) is 7.11 Å². The lowest BCUT2D eigenvalue weighted by Crippen LogP contribution is -2.37. The summed E-state index contributed by atoms with van der Waals surface area (Å²) in [5.41, 5.74) is 4.01. The number of hydrogen-bond acceptors (Lipinski definition) is 2. The summed E-state index contributed by atoms with van der Waals surface area (Å²) in [7, 11) is 1.75. The molecule has 2 aromatic rings. The summed E-state index contributed by atoms with van der Waals surface area (Å²) in [5.74, 6) is 2.99. The Hall–Kier alpha value is -1.48. The van der Waals surface area contributed by atoms with Gasteiger partial charge in [-0.2, -0.15) is 0 Å². The summed E-state index contributed by atoms with van der Waals surface area (Å²) in [5, 5.41) is 1.33. The van der Waals surface area contributed by atoms with Crippen molar-refractivity contribution in [2.75, 3.05) is 26.7 Å². The zero-order valence-electron chi connectivity index (χ0n) is 16.5. The first-order valence-corrected chi connectivity index (χ1v) is 10.6. The van der Waals surface area contributed by atoms with E-state index in [9.17, 15) is 0 Å². The SMILES string of the molecule is COc1ccc2[nH]c(C)c(CCN3CCC(C4CCCCC4)CC3)c2c1. The fraction of sp³-hybridized carbons (Fsp3) is 0.652. The van der Waals surface area contributed by atoms with Gasteiger partial charge in [-0.3, -0.25) is 0 Å². The molecular formula is C23H34N2O. The van der Waals surface area contributed by atoms with Crippen LogP contribution in [0.5, 0.6) is 5.75 Å². The summed E-state index contributed by atoms with van der Waals surface area (Å²) >= 11 is 0. The molecule has 26 heavy (non-hydrogen) atoms. The highest BCUT2D eigenvalue weighted by Crippen LogP contribution is 2.35. The number of H-pyrrole nitrogens is 1. The molecular weight excluding hydrogens is 320 g/mol. The Morgan fingerprint density at radius 2 is 1.77 bits per heavy atom. The Bertz CT molecular complexity index is 721. The fourth-order valence-corrected chi connectivity index (χ4v) is 5.33. The summed E-state index contributed by atoms with van der Waals surface area (Å²) in [4.78, 5) is 6.23. The largest absolute Gasteiger partial charge is 0.497 e. The van der Waals surface area contributed by atoms with E-state index in [1.807, 2.05) is 6.07 Å². The van der Waals surface area contributed by atoms with Crippen molar-refractivity contribution in [1.82, 2.24) is 9.88 Å². The maximum absolute atomic E-state index is 5.43. The van der Waals surface area contributed by atoms with Gasteiger partial charge < -0.3 is 14.6 Å². The number of hydrogen-bond donors (Lipinski definition) is 1. The zero-order chi connectivity index (χ0) is 17.9. The third-order valence-corrected chi connectivity index (χ3v) is 6.95. The van der Waals surface area contributed by atoms with Crippen LogP contribution >= 0.6 is 0 Å². The predicted octanol–water partition coefficient (Wildman–Crippen LogP) is 5.32. The van der Waals surface area contributed by atoms with Gasteiger partial charge in [0, 0.05) is 23.1 Å². The second-order valence-electron chi connectivity index (χ2n) is 8.47. The second-order valence-corrected chi connectivity index (χ2v) is 8.47. The van der Waals surface area contributed by atoms with Gasteiger partial charge in [0.2, 0.25) is 0 Å². The number of ether oxygens (including phenoxy) is 1. The number of aromatic nitrogens is 1. The molecule has 4 rings (SSSR count). The molecule has 0 bridgehead atoms. The van der Waals surface area contributed by atoms with Crippen LogP contribution in [0.1, 0.15) is 56.2 Å². The maximum atomic E-state index is 5.43. The molecule has 0 atom stereocenters. The van der Waals surface area contributed by atoms with Crippen molar-refractivity contribution in [2.24, 2.45) is 11.8 Å². The van der Waals surface area contributed by atoms with Gasteiger partial charge in [0.05, 0.1) is 7.11 Å². The monoisotopic (exact) mass is 354 g/mol. The molecule has 2 heterocycles. The molecule has 142 valence electrons. The molecule has 0 spiro atoms. The van der Waals surface area contributed by atoms with E-state index in [1.165, 1.54) is 86.7 Å². The predicted molar refractivity (Wildman–Crippen MR) is 109 cm³/mol. The van der Waals surface area contributed by atoms with Crippen molar-refractivity contribution >= 4 is 10.9 Å². The minimum atomic E-state index is 0.950. The second kappa shape index (κ2) is 8.04. The Labute approximate surface area is 158 Å². The third-order valence-electron chi connectivity index (χ3n) is 6.95. The first kappa shape index (κ1) is 17.9. The van der Waals surface area contributed by atoms with Crippen LogP contribution in [0.3, 0.4) is 0 Å². The normalized spacial score (nSPS) is 20.7. The Morgan fingerprint density at radius 1 is 1.04 bits per heavy atom. The van der Waals surface area contributed by atoms with Gasteiger partial charge in [-0.15, -0.1) is 0 Å². The molecule has 1 aromatic carbocycles. The molecule has 3 heteroatoms. The Balaban J connectivity index is 1.35. The molecule has 1 aliphatic carbocycles. The summed E-state index contributed by atoms with van der Waals surface area (Å²) < 4.78 is 5.43. The van der Waals surface area contributed by atoms with Crippen molar-refractivity contribution in [3.63, 3.8) is 0 Å². The van der Waals surface area contributed by atoms with E-state index in [0.717, 1.165) is 24.0 Å². The molecule has 1 saturated heterocycles. The van der Waals surface area contributed by atoms with Gasteiger partial charge in [-0.05, 0) is 74.9 Å². The van der Waals surface area contributed by atoms with Crippen LogP contribution in [-0.4, -0.2) is 36.6 Å². The van der Waals surface area contributed by atoms with Crippen LogP contribution in [-0.2, 0) is 6.42 Å². The standard InChI is InChI=1S/C23H34N2O/c1-17-21(22-16-20(26-2)8-9-23(22)24-17)12-15-25-13-10-19(11-14-25)18-6-4-3-5-7-18/h8-9,16,18-19,24H,3-7,10-15H2,1-2H3. The highest BCUT2D eigenvalue weighted by atomic mass is 16.5. The maximum Gasteiger partial charge on any atom is 0.119 e. The van der Waals surface area contributed by atoms with E-state index in [-0.39, 0.29) is 0 Å². The fourth-order valence-electron chi connectivity index (χ4n) is 5.33. The summed E-state index contributed by atoms with van der Waals surface area (Å²) in [6.07, 6.45) is 11.4. The Morgan fingerprint density at radius 3 is 2.50 bits per heavy atom. The summed E-state index contributed by atoms with van der Waals surface area (Å²) in [6.45, 7) is 5.98. The van der Waals surface area contributed by atoms with Gasteiger partial charge in [0.15, 0.2) is 0 Å². The molecule has 1 saturated carbocycles. The third kappa shape index (κ3) is 3.78. The quantitative estimate of drug-likeness (QED) is 0.787. The number of benzene rings is 1. The molecule has 1 aliphatic heterocycles. The average molecular weight is 355 g/mol. The van der Waals surface area contributed by atoms with Gasteiger partial charge in [-0.1, -0.05) is 32.1 Å². The minimum absolute atomic E-state index is 0.950. The molecule has 3 nitrogen and oxygen atoms in total. The van der Waals surface area contributed by atoms with Crippen LogP contribution in [0, 0.1) is 18.8 Å². The van der Waals surface area contributed by atoms with E-state index in [4.69, 9.17) is 4.74 Å². The lowest BCUT2D eigenvalue weighted by atomic mass is 9.76. The number of nitrogens with one attached hydrogen (secondary N) is 1. The first-order chi connectivity index (χ1) is 12.7. The van der Waals surface area contributed by atoms with Gasteiger partial charge in [0.25, 0.3) is 0 Å². The lowest BCUT2D eigenvalue weighted by Gasteiger charge is -2.37. The van der Waals surface area contributed by atoms with Crippen molar-refractivity contribution in [2.45, 2.75) is 58.3 Å². The van der Waals surface area contributed by atoms with Crippen molar-refractivity contribution in [1.29, 1.82) is 0 Å². The minimum Gasteiger partial charge on any atom is -0.497 e. The van der Waals surface area contributed by atoms with Gasteiger partial charge in [-0.25, -0.2) is 0 Å². The average Bonchev–Trinajstić information content (AvgIpc) is 3.01. The molecule has 0 radical (unpaired) electrons. The number of aromatic amines is 1. The van der Waals surface area contributed by atoms with E-state index in [2.05, 4.69) is 28.9 Å². The zero-order valence-corrected chi connectivity index (χ0v) is 16.5.